The smallest absolute Gasteiger partial charge is 0.219 e. The van der Waals surface area contributed by atoms with E-state index in [0.29, 0.717) is 29.1 Å². The lowest BCUT2D eigenvalue weighted by molar-refractivity contribution is 0.442. The maximum Gasteiger partial charge on any atom is 0.219 e. The van der Waals surface area contributed by atoms with E-state index in [2.05, 4.69) is 18.2 Å². The fourth-order valence-electron chi connectivity index (χ4n) is 4.04. The minimum Gasteiger partial charge on any atom is -0.508 e. The van der Waals surface area contributed by atoms with Crippen LogP contribution in [0.15, 0.2) is 85.1 Å². The molecular weight excluding hydrogens is 446 g/mol. The summed E-state index contributed by atoms with van der Waals surface area (Å²) in [4.78, 5) is 10.7. The Balaban J connectivity index is 1.56. The van der Waals surface area contributed by atoms with Crippen LogP contribution in [0.2, 0.25) is 0 Å². The van der Waals surface area contributed by atoms with Crippen molar-refractivity contribution in [3.8, 4) is 39.2 Å². The summed E-state index contributed by atoms with van der Waals surface area (Å²) in [5.74, 6) is 0.418. The number of aromatic hydroxyl groups is 3. The SMILES string of the molecule is Oc1ccc(Cc2nc3c(-c4cc5ccccc5s4)nc(-c4ccc(O)cc4)cn3c2O)cc1. The molecule has 0 fully saturated rings. The third kappa shape index (κ3) is 3.52. The van der Waals surface area contributed by atoms with Crippen molar-refractivity contribution in [3.63, 3.8) is 0 Å². The van der Waals surface area contributed by atoms with Crippen LogP contribution < -0.4 is 0 Å². The quantitative estimate of drug-likeness (QED) is 0.298. The number of fused-ring (bicyclic) bond motifs is 2. The van der Waals surface area contributed by atoms with Crippen LogP contribution in [0.4, 0.5) is 0 Å². The summed E-state index contributed by atoms with van der Waals surface area (Å²) < 4.78 is 2.82. The number of phenols is 2. The van der Waals surface area contributed by atoms with Crippen molar-refractivity contribution >= 4 is 27.1 Å². The Labute approximate surface area is 198 Å². The highest BCUT2D eigenvalue weighted by Crippen LogP contribution is 2.37. The third-order valence-corrected chi connectivity index (χ3v) is 6.90. The molecule has 6 aromatic rings. The molecule has 3 heterocycles. The highest BCUT2D eigenvalue weighted by Gasteiger charge is 2.20. The second-order valence-corrected chi connectivity index (χ2v) is 9.17. The van der Waals surface area contributed by atoms with Crippen LogP contribution in [0.3, 0.4) is 0 Å². The Morgan fingerprint density at radius 1 is 0.794 bits per heavy atom. The summed E-state index contributed by atoms with van der Waals surface area (Å²) in [7, 11) is 0. The zero-order valence-corrected chi connectivity index (χ0v) is 18.7. The normalized spacial score (nSPS) is 11.4. The van der Waals surface area contributed by atoms with Crippen molar-refractivity contribution in [2.24, 2.45) is 0 Å². The molecule has 0 unspecified atom stereocenters. The predicted octanol–water partition coefficient (Wildman–Crippen LogP) is 5.99. The summed E-state index contributed by atoms with van der Waals surface area (Å²) in [6, 6.07) is 23.9. The van der Waals surface area contributed by atoms with Gasteiger partial charge in [0.25, 0.3) is 0 Å². The molecule has 0 saturated carbocycles. The standard InChI is InChI=1S/C27H19N3O3S/c31-19-9-5-16(6-10-19)13-21-27(33)30-15-22(17-7-11-20(32)12-8-17)28-25(26(30)29-21)24-14-18-3-1-2-4-23(18)34-24/h1-12,14-15,31-33H,13H2. The zero-order chi connectivity index (χ0) is 23.2. The lowest BCUT2D eigenvalue weighted by atomic mass is 10.1. The summed E-state index contributed by atoms with van der Waals surface area (Å²) in [5.41, 5.74) is 4.17. The summed E-state index contributed by atoms with van der Waals surface area (Å²) >= 11 is 1.63. The van der Waals surface area contributed by atoms with Crippen molar-refractivity contribution in [2.45, 2.75) is 6.42 Å². The molecule has 0 atom stereocenters. The summed E-state index contributed by atoms with van der Waals surface area (Å²) in [5, 5.41) is 31.5. The van der Waals surface area contributed by atoms with Gasteiger partial charge in [0.2, 0.25) is 5.88 Å². The fraction of sp³-hybridized carbons (Fsp3) is 0.0370. The van der Waals surface area contributed by atoms with Gasteiger partial charge in [0.15, 0.2) is 5.65 Å². The molecule has 3 aromatic carbocycles. The van der Waals surface area contributed by atoms with E-state index in [1.807, 2.05) is 24.3 Å². The van der Waals surface area contributed by atoms with Gasteiger partial charge in [-0.2, -0.15) is 0 Å². The van der Waals surface area contributed by atoms with Gasteiger partial charge >= 0.3 is 0 Å². The van der Waals surface area contributed by atoms with E-state index in [4.69, 9.17) is 9.97 Å². The van der Waals surface area contributed by atoms with E-state index >= 15 is 0 Å². The molecule has 0 aliphatic rings. The molecule has 34 heavy (non-hydrogen) atoms. The first-order chi connectivity index (χ1) is 16.5. The zero-order valence-electron chi connectivity index (χ0n) is 17.9. The molecule has 166 valence electrons. The molecular formula is C27H19N3O3S. The first-order valence-electron chi connectivity index (χ1n) is 10.7. The highest BCUT2D eigenvalue weighted by atomic mass is 32.1. The largest absolute Gasteiger partial charge is 0.508 e. The molecule has 0 saturated heterocycles. The van der Waals surface area contributed by atoms with Crippen molar-refractivity contribution in [3.05, 3.63) is 96.3 Å². The minimum atomic E-state index is 0.0489. The number of benzene rings is 3. The van der Waals surface area contributed by atoms with E-state index in [1.54, 1.807) is 58.3 Å². The number of aromatic nitrogens is 3. The Hall–Kier alpha value is -4.36. The molecule has 0 bridgehead atoms. The number of phenolic OH excluding ortho intramolecular Hbond substituents is 2. The van der Waals surface area contributed by atoms with Gasteiger partial charge < -0.3 is 15.3 Å². The number of rotatable bonds is 4. The van der Waals surface area contributed by atoms with Crippen LogP contribution in [-0.2, 0) is 6.42 Å². The Morgan fingerprint density at radius 2 is 1.50 bits per heavy atom. The number of imidazole rings is 1. The van der Waals surface area contributed by atoms with Gasteiger partial charge in [-0.05, 0) is 59.5 Å². The highest BCUT2D eigenvalue weighted by molar-refractivity contribution is 7.22. The lowest BCUT2D eigenvalue weighted by Crippen LogP contribution is -1.95. The Kier molecular flexibility index (Phi) is 4.71. The number of nitrogens with zero attached hydrogens (tertiary/aromatic N) is 3. The van der Waals surface area contributed by atoms with Crippen LogP contribution in [0.5, 0.6) is 17.4 Å². The molecule has 3 N–H and O–H groups in total. The van der Waals surface area contributed by atoms with Crippen LogP contribution in [0.25, 0.3) is 37.6 Å². The van der Waals surface area contributed by atoms with Gasteiger partial charge in [-0.1, -0.05) is 30.3 Å². The monoisotopic (exact) mass is 465 g/mol. The number of thiophene rings is 1. The van der Waals surface area contributed by atoms with Crippen molar-refractivity contribution in [2.75, 3.05) is 0 Å². The third-order valence-electron chi connectivity index (χ3n) is 5.78. The van der Waals surface area contributed by atoms with E-state index in [-0.39, 0.29) is 17.4 Å². The topological polar surface area (TPSA) is 90.9 Å². The van der Waals surface area contributed by atoms with Gasteiger partial charge in [0, 0.05) is 22.9 Å². The van der Waals surface area contributed by atoms with Gasteiger partial charge in [0.1, 0.15) is 22.9 Å². The van der Waals surface area contributed by atoms with E-state index in [9.17, 15) is 15.3 Å². The van der Waals surface area contributed by atoms with E-state index in [0.717, 1.165) is 26.1 Å². The van der Waals surface area contributed by atoms with E-state index < -0.39 is 0 Å². The lowest BCUT2D eigenvalue weighted by Gasteiger charge is -2.07. The molecule has 0 aliphatic heterocycles. The Morgan fingerprint density at radius 3 is 2.24 bits per heavy atom. The summed E-state index contributed by atoms with van der Waals surface area (Å²) in [6.07, 6.45) is 2.18. The molecule has 0 amide bonds. The maximum absolute atomic E-state index is 11.1. The average molecular weight is 466 g/mol. The average Bonchev–Trinajstić information content (AvgIpc) is 3.42. The molecule has 6 rings (SSSR count). The maximum atomic E-state index is 11.1. The second-order valence-electron chi connectivity index (χ2n) is 8.09. The van der Waals surface area contributed by atoms with Gasteiger partial charge in [0.05, 0.1) is 10.6 Å². The summed E-state index contributed by atoms with van der Waals surface area (Å²) in [6.45, 7) is 0. The first-order valence-corrected chi connectivity index (χ1v) is 11.5. The molecule has 3 aromatic heterocycles. The molecule has 0 spiro atoms. The van der Waals surface area contributed by atoms with Crippen LogP contribution in [0.1, 0.15) is 11.3 Å². The van der Waals surface area contributed by atoms with Crippen molar-refractivity contribution in [1.82, 2.24) is 14.4 Å². The van der Waals surface area contributed by atoms with Crippen molar-refractivity contribution in [1.29, 1.82) is 0 Å². The van der Waals surface area contributed by atoms with Crippen LogP contribution in [0, 0.1) is 0 Å². The van der Waals surface area contributed by atoms with Crippen LogP contribution in [-0.4, -0.2) is 29.7 Å². The van der Waals surface area contributed by atoms with Gasteiger partial charge in [-0.25, -0.2) is 9.97 Å². The number of hydrogen-bond donors (Lipinski definition) is 3. The van der Waals surface area contributed by atoms with E-state index in [1.165, 1.54) is 0 Å². The van der Waals surface area contributed by atoms with Gasteiger partial charge in [-0.3, -0.25) is 4.40 Å². The molecule has 7 heteroatoms. The predicted molar refractivity (Wildman–Crippen MR) is 133 cm³/mol. The number of hydrogen-bond acceptors (Lipinski definition) is 6. The fourth-order valence-corrected chi connectivity index (χ4v) is 5.09. The minimum absolute atomic E-state index is 0.0489. The second kappa shape index (κ2) is 7.90. The molecule has 6 nitrogen and oxygen atoms in total. The van der Waals surface area contributed by atoms with Crippen LogP contribution >= 0.6 is 11.3 Å². The van der Waals surface area contributed by atoms with Gasteiger partial charge in [-0.15, -0.1) is 11.3 Å². The van der Waals surface area contributed by atoms with Crippen molar-refractivity contribution < 1.29 is 15.3 Å². The Bertz CT molecular complexity index is 1620. The molecule has 0 aliphatic carbocycles. The molecule has 0 radical (unpaired) electrons. The first kappa shape index (κ1) is 20.3.